The van der Waals surface area contributed by atoms with Crippen LogP contribution in [0.3, 0.4) is 0 Å². The second-order valence-corrected chi connectivity index (χ2v) is 17.9. The molecule has 4 aliphatic rings. The molecule has 0 saturated carbocycles. The maximum atomic E-state index is 11.2. The summed E-state index contributed by atoms with van der Waals surface area (Å²) < 4.78 is 3.95. The minimum absolute atomic E-state index is 0.222. The van der Waals surface area contributed by atoms with Crippen LogP contribution in [0.25, 0.3) is 0 Å². The first kappa shape index (κ1) is 39.5. The van der Waals surface area contributed by atoms with Gasteiger partial charge in [-0.15, -0.1) is 0 Å². The van der Waals surface area contributed by atoms with Gasteiger partial charge in [0.15, 0.2) is 0 Å². The quantitative estimate of drug-likeness (QED) is 0.127. The summed E-state index contributed by atoms with van der Waals surface area (Å²) in [5, 5.41) is 22.4. The first-order valence-electron chi connectivity index (χ1n) is 20.1. The summed E-state index contributed by atoms with van der Waals surface area (Å²) in [6, 6.07) is 2.13. The van der Waals surface area contributed by atoms with E-state index >= 15 is 0 Å². The van der Waals surface area contributed by atoms with E-state index in [4.69, 9.17) is 0 Å². The van der Waals surface area contributed by atoms with Gasteiger partial charge in [0.2, 0.25) is 0 Å². The van der Waals surface area contributed by atoms with Gasteiger partial charge in [-0.25, -0.2) is 0 Å². The van der Waals surface area contributed by atoms with Crippen molar-refractivity contribution in [1.82, 2.24) is 0 Å². The predicted molar refractivity (Wildman–Crippen MR) is 203 cm³/mol. The molecule has 12 unspecified atom stereocenters. The molecule has 6 heteroatoms. The van der Waals surface area contributed by atoms with Gasteiger partial charge in [-0.2, -0.15) is 0 Å². The summed E-state index contributed by atoms with van der Waals surface area (Å²) in [6.45, 7) is 23.6. The number of aliphatic hydroxyl groups is 2. The van der Waals surface area contributed by atoms with E-state index in [9.17, 15) is 10.2 Å². The van der Waals surface area contributed by atoms with Crippen LogP contribution in [0.15, 0.2) is 50.9 Å². The molecular weight excluding hydrogens is 592 g/mol. The lowest BCUT2D eigenvalue weighted by Gasteiger charge is -2.51. The van der Waals surface area contributed by atoms with Crippen LogP contribution in [-0.2, 0) is 0 Å². The maximum absolute atomic E-state index is 11.2. The monoisotopic (exact) mass is 671 g/mol. The van der Waals surface area contributed by atoms with E-state index in [1.54, 1.807) is 0 Å². The third-order valence-corrected chi connectivity index (χ3v) is 14.8. The number of piperidine rings is 4. The molecule has 4 fully saturated rings. The minimum atomic E-state index is -0.244. The van der Waals surface area contributed by atoms with Crippen LogP contribution in [0.1, 0.15) is 103 Å². The molecule has 0 spiro atoms. The third-order valence-electron chi connectivity index (χ3n) is 14.8. The number of likely N-dealkylation sites (tertiary alicyclic amines) is 4. The van der Waals surface area contributed by atoms with Crippen LogP contribution in [0.2, 0.25) is 0 Å². The molecule has 0 bridgehead atoms. The average molecular weight is 671 g/mol. The lowest BCUT2D eigenvalue weighted by atomic mass is 9.74. The fourth-order valence-corrected chi connectivity index (χ4v) is 10.8. The van der Waals surface area contributed by atoms with Crippen molar-refractivity contribution >= 4 is 0 Å². The Kier molecular flexibility index (Phi) is 14.2. The highest BCUT2D eigenvalue weighted by Gasteiger charge is 2.46. The fourth-order valence-electron chi connectivity index (χ4n) is 10.8. The highest BCUT2D eigenvalue weighted by Crippen LogP contribution is 2.41. The molecular formula is C42H78N4O2+4. The van der Waals surface area contributed by atoms with Gasteiger partial charge < -0.3 is 19.2 Å². The number of hydrogen-bond donors (Lipinski definition) is 2. The summed E-state index contributed by atoms with van der Waals surface area (Å²) in [4.78, 5) is 0. The topological polar surface area (TPSA) is 40.5 Å². The van der Waals surface area contributed by atoms with Gasteiger partial charge in [0.05, 0.1) is 104 Å². The van der Waals surface area contributed by atoms with E-state index < -0.39 is 0 Å². The van der Waals surface area contributed by atoms with Gasteiger partial charge in [0.1, 0.15) is 12.1 Å². The zero-order valence-electron chi connectivity index (χ0n) is 32.0. The van der Waals surface area contributed by atoms with E-state index in [1.165, 1.54) is 83.8 Å². The number of aliphatic hydroxyl groups excluding tert-OH is 2. The van der Waals surface area contributed by atoms with E-state index in [1.807, 2.05) is 0 Å². The molecule has 4 rings (SSSR count). The Labute approximate surface area is 296 Å². The Morgan fingerprint density at radius 1 is 0.583 bits per heavy atom. The van der Waals surface area contributed by atoms with Gasteiger partial charge in [-0.05, 0) is 76.2 Å². The predicted octanol–water partition coefficient (Wildman–Crippen LogP) is 7.16. The fraction of sp³-hybridized carbons (Fsp3) is 0.810. The van der Waals surface area contributed by atoms with E-state index in [0.29, 0.717) is 30.1 Å². The highest BCUT2D eigenvalue weighted by atomic mass is 16.3. The van der Waals surface area contributed by atoms with Gasteiger partial charge in [0.25, 0.3) is 0 Å². The van der Waals surface area contributed by atoms with Gasteiger partial charge in [0, 0.05) is 63.7 Å². The molecule has 2 N–H and O–H groups in total. The van der Waals surface area contributed by atoms with Crippen molar-refractivity contribution < 1.29 is 28.1 Å². The summed E-state index contributed by atoms with van der Waals surface area (Å²) >= 11 is 0. The maximum Gasteiger partial charge on any atom is 0.107 e. The second kappa shape index (κ2) is 17.3. The first-order chi connectivity index (χ1) is 22.8. The second-order valence-electron chi connectivity index (χ2n) is 17.9. The number of nitrogens with zero attached hydrogens (tertiary/aromatic N) is 4. The average Bonchev–Trinajstić information content (AvgIpc) is 3.09. The van der Waals surface area contributed by atoms with Crippen LogP contribution in [0, 0.1) is 11.8 Å². The first-order valence-corrected chi connectivity index (χ1v) is 20.1. The molecule has 0 aromatic carbocycles. The third kappa shape index (κ3) is 9.53. The Morgan fingerprint density at radius 3 is 1.81 bits per heavy atom. The Morgan fingerprint density at radius 2 is 1.15 bits per heavy atom. The van der Waals surface area contributed by atoms with Crippen LogP contribution in [0.4, 0.5) is 0 Å². The molecule has 0 radical (unpaired) electrons. The lowest BCUT2D eigenvalue weighted by molar-refractivity contribution is -0.937. The normalized spacial score (nSPS) is 42.0. The van der Waals surface area contributed by atoms with Crippen molar-refractivity contribution in [2.24, 2.45) is 11.8 Å². The lowest BCUT2D eigenvalue weighted by Crippen LogP contribution is -2.60. The molecule has 6 nitrogen and oxygen atoms in total. The minimum Gasteiger partial charge on any atom is -0.393 e. The van der Waals surface area contributed by atoms with Crippen molar-refractivity contribution in [2.45, 2.75) is 139 Å². The molecule has 4 aliphatic heterocycles. The summed E-state index contributed by atoms with van der Waals surface area (Å²) in [6.07, 6.45) is 26.6. The van der Waals surface area contributed by atoms with E-state index in [2.05, 4.69) is 79.1 Å². The van der Waals surface area contributed by atoms with E-state index in [0.717, 1.165) is 82.0 Å². The Hall–Kier alpha value is -1.28. The van der Waals surface area contributed by atoms with Gasteiger partial charge >= 0.3 is 0 Å². The highest BCUT2D eigenvalue weighted by molar-refractivity contribution is 4.90. The molecule has 0 aromatic rings. The largest absolute Gasteiger partial charge is 0.393 e. The van der Waals surface area contributed by atoms with Gasteiger partial charge in [-0.3, -0.25) is 8.97 Å². The standard InChI is InChI=1S/C42H78N4O2/c1-9-37-17-13-16-29-45(37,7)31-26-42(48)27-32-46(8)34-36(19-20-38(46)10-2)35-25-30-44(6,12-4)40(33-35)22-24-41(47)23-21-39-18-14-15-28-43(39,5)11-3/h9-12,35-42,47-48H,1-4,13-34H2,5-8H3/q+4. The van der Waals surface area contributed by atoms with Crippen molar-refractivity contribution in [3.63, 3.8) is 0 Å². The number of quaternary nitrogens is 4. The van der Waals surface area contributed by atoms with E-state index in [-0.39, 0.29) is 12.2 Å². The number of hydrogen-bond acceptors (Lipinski definition) is 2. The zero-order chi connectivity index (χ0) is 35.0. The Bertz CT molecular complexity index is 1070. The molecule has 274 valence electrons. The summed E-state index contributed by atoms with van der Waals surface area (Å²) in [5.74, 6) is 1.43. The van der Waals surface area contributed by atoms with Crippen LogP contribution in [0.5, 0.6) is 0 Å². The van der Waals surface area contributed by atoms with Crippen molar-refractivity contribution in [3.05, 3.63) is 50.9 Å². The molecule has 4 saturated heterocycles. The smallest absolute Gasteiger partial charge is 0.107 e. The zero-order valence-corrected chi connectivity index (χ0v) is 32.0. The Balaban J connectivity index is 1.31. The van der Waals surface area contributed by atoms with Crippen LogP contribution >= 0.6 is 0 Å². The SMILES string of the molecule is C=CC1CCCC[N+]1(C)CCC(O)CC[N+]1(C)CC(C2CC[N+](C)(C=C)C(CCC(O)CCC3CCCC[N+]3(C)C=C)C2)CCC1C=C. The van der Waals surface area contributed by atoms with Crippen molar-refractivity contribution in [2.75, 3.05) is 67.5 Å². The molecule has 48 heavy (non-hydrogen) atoms. The molecule has 0 aromatic heterocycles. The van der Waals surface area contributed by atoms with Crippen molar-refractivity contribution in [3.8, 4) is 0 Å². The van der Waals surface area contributed by atoms with Crippen LogP contribution in [-0.4, -0.2) is 132 Å². The van der Waals surface area contributed by atoms with Crippen molar-refractivity contribution in [1.29, 1.82) is 0 Å². The molecule has 0 aliphatic carbocycles. The number of rotatable bonds is 17. The molecule has 12 atom stereocenters. The summed E-state index contributed by atoms with van der Waals surface area (Å²) in [7, 11) is 9.51. The summed E-state index contributed by atoms with van der Waals surface area (Å²) in [5.41, 5.74) is 0. The molecule has 4 heterocycles. The number of likely N-dealkylation sites (N-methyl/N-ethyl adjacent to an activating group) is 2. The van der Waals surface area contributed by atoms with Gasteiger partial charge in [-0.1, -0.05) is 13.2 Å². The van der Waals surface area contributed by atoms with Crippen LogP contribution < -0.4 is 0 Å². The molecule has 0 amide bonds.